The van der Waals surface area contributed by atoms with Gasteiger partial charge in [0.2, 0.25) is 5.91 Å². The van der Waals surface area contributed by atoms with Gasteiger partial charge in [-0.15, -0.1) is 11.3 Å². The highest BCUT2D eigenvalue weighted by Crippen LogP contribution is 2.44. The molecule has 9 heteroatoms. The number of benzene rings is 2. The molecule has 0 radical (unpaired) electrons. The van der Waals surface area contributed by atoms with Crippen molar-refractivity contribution in [2.45, 2.75) is 18.8 Å². The van der Waals surface area contributed by atoms with Crippen LogP contribution in [0, 0.1) is 11.8 Å². The average molecular weight is 476 g/mol. The number of ether oxygens (including phenoxy) is 1. The van der Waals surface area contributed by atoms with Crippen LogP contribution >= 0.6 is 11.3 Å². The Hall–Kier alpha value is -4.16. The highest BCUT2D eigenvalue weighted by molar-refractivity contribution is 7.15. The van der Waals surface area contributed by atoms with Crippen LogP contribution in [0.1, 0.15) is 28.3 Å². The minimum Gasteiger partial charge on any atom is -0.472 e. The molecule has 1 heterocycles. The molecule has 1 aromatic heterocycles. The van der Waals surface area contributed by atoms with Crippen molar-refractivity contribution >= 4 is 34.4 Å². The zero-order chi connectivity index (χ0) is 23.9. The zero-order valence-electron chi connectivity index (χ0n) is 18.0. The lowest BCUT2D eigenvalue weighted by Crippen LogP contribution is -2.23. The molecule has 2 amide bonds. The minimum absolute atomic E-state index is 0.0243. The van der Waals surface area contributed by atoms with Crippen molar-refractivity contribution in [3.8, 4) is 23.0 Å². The number of carbonyl (C=O) groups excluding carboxylic acids is 2. The van der Waals surface area contributed by atoms with Gasteiger partial charge in [0.25, 0.3) is 0 Å². The van der Waals surface area contributed by atoms with Crippen molar-refractivity contribution in [1.29, 1.82) is 0 Å². The first kappa shape index (κ1) is 23.0. The number of hydrogen-bond donors (Lipinski definition) is 3. The number of thiazole rings is 1. The van der Waals surface area contributed by atoms with E-state index in [0.29, 0.717) is 11.6 Å². The smallest absolute Gasteiger partial charge is 0.413 e. The Kier molecular flexibility index (Phi) is 7.20. The topological polar surface area (TPSA) is 118 Å². The van der Waals surface area contributed by atoms with Gasteiger partial charge in [0.05, 0.1) is 6.54 Å². The van der Waals surface area contributed by atoms with E-state index in [0.717, 1.165) is 27.1 Å². The molecule has 0 aliphatic heterocycles. The van der Waals surface area contributed by atoms with Crippen LogP contribution in [0.4, 0.5) is 9.93 Å². The monoisotopic (exact) mass is 475 g/mol. The first-order chi connectivity index (χ1) is 16.5. The summed E-state index contributed by atoms with van der Waals surface area (Å²) in [7, 11) is 0. The second-order valence-corrected chi connectivity index (χ2v) is 8.58. The van der Waals surface area contributed by atoms with Crippen LogP contribution in [-0.2, 0) is 20.7 Å². The Bertz CT molecular complexity index is 1250. The van der Waals surface area contributed by atoms with Gasteiger partial charge in [-0.1, -0.05) is 54.5 Å². The van der Waals surface area contributed by atoms with Crippen molar-refractivity contribution in [1.82, 2.24) is 10.3 Å². The number of aryl methyl sites for hydroxylation is 1. The molecule has 172 valence electrons. The van der Waals surface area contributed by atoms with Gasteiger partial charge in [0.15, 0.2) is 5.13 Å². The number of amides is 2. The highest BCUT2D eigenvalue weighted by Gasteiger charge is 2.29. The average Bonchev–Trinajstić information content (AvgIpc) is 3.41. The summed E-state index contributed by atoms with van der Waals surface area (Å²) in [5.74, 6) is 2.74. The quantitative estimate of drug-likeness (QED) is 0.449. The van der Waals surface area contributed by atoms with E-state index in [1.807, 2.05) is 30.2 Å². The summed E-state index contributed by atoms with van der Waals surface area (Å²) in [6, 6.07) is 16.2. The third kappa shape index (κ3) is 5.60. The van der Waals surface area contributed by atoms with Crippen molar-refractivity contribution in [2.24, 2.45) is 0 Å². The van der Waals surface area contributed by atoms with Gasteiger partial charge in [0, 0.05) is 29.3 Å². The van der Waals surface area contributed by atoms with E-state index in [2.05, 4.69) is 45.8 Å². The molecule has 0 unspecified atom stereocenters. The molecule has 34 heavy (non-hydrogen) atoms. The van der Waals surface area contributed by atoms with Crippen LogP contribution in [0.15, 0.2) is 54.7 Å². The zero-order valence-corrected chi connectivity index (χ0v) is 18.9. The van der Waals surface area contributed by atoms with Crippen LogP contribution in [0.5, 0.6) is 0 Å². The number of aliphatic carboxylic acids is 1. The van der Waals surface area contributed by atoms with Gasteiger partial charge < -0.3 is 15.2 Å². The molecule has 0 bridgehead atoms. The van der Waals surface area contributed by atoms with Crippen LogP contribution in [-0.4, -0.2) is 41.2 Å². The van der Waals surface area contributed by atoms with E-state index in [4.69, 9.17) is 9.84 Å². The van der Waals surface area contributed by atoms with E-state index in [1.54, 1.807) is 6.20 Å². The molecule has 4 rings (SSSR count). The van der Waals surface area contributed by atoms with Crippen molar-refractivity contribution in [3.05, 3.63) is 70.7 Å². The highest BCUT2D eigenvalue weighted by atomic mass is 32.1. The van der Waals surface area contributed by atoms with E-state index in [1.165, 1.54) is 11.3 Å². The number of nitrogens with zero attached hydrogens (tertiary/aromatic N) is 1. The summed E-state index contributed by atoms with van der Waals surface area (Å²) >= 11 is 1.26. The molecule has 3 aromatic rings. The molecule has 0 saturated heterocycles. The lowest BCUT2D eigenvalue weighted by atomic mass is 9.98. The van der Waals surface area contributed by atoms with E-state index in [9.17, 15) is 14.4 Å². The Balaban J connectivity index is 1.26. The molecule has 8 nitrogen and oxygen atoms in total. The second-order valence-electron chi connectivity index (χ2n) is 7.47. The fraction of sp³-hybridized carbons (Fsp3) is 0.200. The molecule has 3 N–H and O–H groups in total. The maximum atomic E-state index is 12.4. The molecule has 1 aliphatic carbocycles. The van der Waals surface area contributed by atoms with Crippen LogP contribution < -0.4 is 10.6 Å². The number of nitrogens with one attached hydrogen (secondary N) is 2. The predicted molar refractivity (Wildman–Crippen MR) is 128 cm³/mol. The van der Waals surface area contributed by atoms with Crippen LogP contribution in [0.3, 0.4) is 0 Å². The Morgan fingerprint density at radius 3 is 2.41 bits per heavy atom. The summed E-state index contributed by atoms with van der Waals surface area (Å²) in [6.45, 7) is 0.186. The largest absolute Gasteiger partial charge is 0.472 e. The molecule has 0 atom stereocenters. The van der Waals surface area contributed by atoms with Crippen LogP contribution in [0.25, 0.3) is 11.1 Å². The SMILES string of the molecule is O=C(O)C#CCNC(=O)CCc1cnc(NC(=O)OCC2c3ccccc3-c3ccccc32)s1. The molecule has 0 fully saturated rings. The van der Waals surface area contributed by atoms with Crippen molar-refractivity contribution < 1.29 is 24.2 Å². The standard InChI is InChI=1S/C25H21N3O5S/c29-22(26-13-5-10-23(30)31)12-11-16-14-27-24(34-16)28-25(32)33-15-21-19-8-3-1-6-17(19)18-7-2-4-9-20(18)21/h1-4,6-9,14,21H,11-13,15H2,(H,26,29)(H,30,31)(H,27,28,32). The third-order valence-electron chi connectivity index (χ3n) is 5.27. The summed E-state index contributed by atoms with van der Waals surface area (Å²) in [5.41, 5.74) is 4.60. The minimum atomic E-state index is -1.24. The normalized spacial score (nSPS) is 11.5. The lowest BCUT2D eigenvalue weighted by Gasteiger charge is -2.14. The number of carbonyl (C=O) groups is 3. The molecule has 1 aliphatic rings. The molecule has 0 spiro atoms. The number of anilines is 1. The summed E-state index contributed by atoms with van der Waals surface area (Å²) in [5, 5.41) is 14.0. The van der Waals surface area contributed by atoms with Gasteiger partial charge >= 0.3 is 12.1 Å². The number of hydrogen-bond acceptors (Lipinski definition) is 6. The fourth-order valence-electron chi connectivity index (χ4n) is 3.79. The Morgan fingerprint density at radius 2 is 1.74 bits per heavy atom. The number of carboxylic acid groups (broad SMARTS) is 1. The van der Waals surface area contributed by atoms with Gasteiger partial charge in [-0.2, -0.15) is 0 Å². The summed E-state index contributed by atoms with van der Waals surface area (Å²) in [4.78, 5) is 39.5. The second kappa shape index (κ2) is 10.6. The van der Waals surface area contributed by atoms with Gasteiger partial charge in [-0.25, -0.2) is 14.6 Å². The molecular formula is C25H21N3O5S. The van der Waals surface area contributed by atoms with Crippen molar-refractivity contribution in [3.63, 3.8) is 0 Å². The lowest BCUT2D eigenvalue weighted by molar-refractivity contribution is -0.130. The Labute approximate surface area is 200 Å². The summed E-state index contributed by atoms with van der Waals surface area (Å²) in [6.07, 6.45) is 1.64. The van der Waals surface area contributed by atoms with E-state index >= 15 is 0 Å². The van der Waals surface area contributed by atoms with Gasteiger partial charge in [0.1, 0.15) is 6.61 Å². The van der Waals surface area contributed by atoms with Crippen molar-refractivity contribution in [2.75, 3.05) is 18.5 Å². The predicted octanol–water partition coefficient (Wildman–Crippen LogP) is 3.64. The first-order valence-corrected chi connectivity index (χ1v) is 11.4. The molecular weight excluding hydrogens is 454 g/mol. The van der Waals surface area contributed by atoms with Gasteiger partial charge in [-0.3, -0.25) is 10.1 Å². The first-order valence-electron chi connectivity index (χ1n) is 10.6. The van der Waals surface area contributed by atoms with E-state index in [-0.39, 0.29) is 31.4 Å². The number of rotatable bonds is 7. The van der Waals surface area contributed by atoms with E-state index < -0.39 is 12.1 Å². The molecule has 0 saturated carbocycles. The number of carboxylic acids is 1. The fourth-order valence-corrected chi connectivity index (χ4v) is 4.59. The number of fused-ring (bicyclic) bond motifs is 3. The van der Waals surface area contributed by atoms with Gasteiger partial charge in [-0.05, 0) is 28.7 Å². The maximum Gasteiger partial charge on any atom is 0.413 e. The third-order valence-corrected chi connectivity index (χ3v) is 6.25. The number of aromatic nitrogens is 1. The summed E-state index contributed by atoms with van der Waals surface area (Å²) < 4.78 is 5.52. The maximum absolute atomic E-state index is 12.4. The molecule has 2 aromatic carbocycles. The Morgan fingerprint density at radius 1 is 1.06 bits per heavy atom. The van der Waals surface area contributed by atoms with Crippen LogP contribution in [0.2, 0.25) is 0 Å².